The summed E-state index contributed by atoms with van der Waals surface area (Å²) >= 11 is 0. The molecule has 1 aromatic carbocycles. The number of aliphatic hydroxyl groups is 1. The molecule has 0 fully saturated rings. The summed E-state index contributed by atoms with van der Waals surface area (Å²) < 4.78 is 4.96. The molecule has 20 heavy (non-hydrogen) atoms. The average Bonchev–Trinajstić information content (AvgIpc) is 2.54. The summed E-state index contributed by atoms with van der Waals surface area (Å²) in [5.74, 6) is 0.417. The van der Waals surface area contributed by atoms with Gasteiger partial charge in [-0.05, 0) is 23.8 Å². The predicted molar refractivity (Wildman–Crippen MR) is 74.4 cm³/mol. The molecule has 1 atom stereocenters. The van der Waals surface area contributed by atoms with Crippen LogP contribution in [-0.2, 0) is 0 Å². The number of benzene rings is 1. The Kier molecular flexibility index (Phi) is 3.26. The zero-order valence-electron chi connectivity index (χ0n) is 10.9. The van der Waals surface area contributed by atoms with E-state index in [2.05, 4.69) is 15.2 Å². The quantitative estimate of drug-likeness (QED) is 0.787. The summed E-state index contributed by atoms with van der Waals surface area (Å²) in [5.41, 5.74) is 2.07. The monoisotopic (exact) mass is 267 g/mol. The number of fused-ring (bicyclic) bond motifs is 1. The molecule has 3 rings (SSSR count). The van der Waals surface area contributed by atoms with Crippen molar-refractivity contribution < 1.29 is 9.84 Å². The maximum atomic E-state index is 10.5. The smallest absolute Gasteiger partial charge is 0.233 e. The van der Waals surface area contributed by atoms with Crippen molar-refractivity contribution in [2.45, 2.75) is 6.10 Å². The van der Waals surface area contributed by atoms with Crippen molar-refractivity contribution in [3.05, 3.63) is 59.9 Å². The van der Waals surface area contributed by atoms with E-state index in [-0.39, 0.29) is 0 Å². The molecule has 0 aliphatic carbocycles. The molecule has 0 radical (unpaired) electrons. The second kappa shape index (κ2) is 5.22. The van der Waals surface area contributed by atoms with Gasteiger partial charge in [0, 0.05) is 17.6 Å². The van der Waals surface area contributed by atoms with E-state index < -0.39 is 6.10 Å². The van der Waals surface area contributed by atoms with Gasteiger partial charge in [0.1, 0.15) is 6.10 Å². The number of hydrogen-bond donors (Lipinski definition) is 1. The molecule has 1 N–H and O–H groups in total. The van der Waals surface area contributed by atoms with Crippen LogP contribution in [0.4, 0.5) is 0 Å². The number of aliphatic hydroxyl groups excluding tert-OH is 1. The summed E-state index contributed by atoms with van der Waals surface area (Å²) in [6, 6.07) is 12.8. The van der Waals surface area contributed by atoms with E-state index in [4.69, 9.17) is 4.74 Å². The van der Waals surface area contributed by atoms with E-state index in [9.17, 15) is 5.11 Å². The summed E-state index contributed by atoms with van der Waals surface area (Å²) in [7, 11) is 1.52. The van der Waals surface area contributed by atoms with Crippen LogP contribution >= 0.6 is 0 Å². The first-order valence-corrected chi connectivity index (χ1v) is 6.19. The molecule has 0 saturated carbocycles. The van der Waals surface area contributed by atoms with Crippen molar-refractivity contribution >= 4 is 10.9 Å². The lowest BCUT2D eigenvalue weighted by atomic mass is 10.0. The Labute approximate surface area is 115 Å². The molecule has 2 aromatic heterocycles. The van der Waals surface area contributed by atoms with Crippen LogP contribution in [-0.4, -0.2) is 27.4 Å². The summed E-state index contributed by atoms with van der Waals surface area (Å²) in [4.78, 5) is 4.28. The summed E-state index contributed by atoms with van der Waals surface area (Å²) in [6.07, 6.45) is 0.882. The maximum absolute atomic E-state index is 10.5. The third-order valence-electron chi connectivity index (χ3n) is 3.12. The second-order valence-electron chi connectivity index (χ2n) is 4.32. The Balaban J connectivity index is 2.05. The predicted octanol–water partition coefficient (Wildman–Crippen LogP) is 2.12. The van der Waals surface area contributed by atoms with Crippen LogP contribution in [0.2, 0.25) is 0 Å². The van der Waals surface area contributed by atoms with Crippen LogP contribution in [0.3, 0.4) is 0 Å². The second-order valence-corrected chi connectivity index (χ2v) is 4.32. The van der Waals surface area contributed by atoms with Gasteiger partial charge in [-0.15, -0.1) is 10.2 Å². The van der Waals surface area contributed by atoms with Gasteiger partial charge in [-0.1, -0.05) is 18.2 Å². The highest BCUT2D eigenvalue weighted by Crippen LogP contribution is 2.27. The lowest BCUT2D eigenvalue weighted by molar-refractivity contribution is 0.215. The fourth-order valence-corrected chi connectivity index (χ4v) is 2.11. The van der Waals surface area contributed by atoms with Gasteiger partial charge in [0.2, 0.25) is 5.88 Å². The van der Waals surface area contributed by atoms with Gasteiger partial charge in [-0.2, -0.15) is 0 Å². The molecule has 1 unspecified atom stereocenters. The Morgan fingerprint density at radius 2 is 1.95 bits per heavy atom. The van der Waals surface area contributed by atoms with Crippen LogP contribution in [0, 0.1) is 0 Å². The molecule has 0 aliphatic rings. The minimum atomic E-state index is -0.846. The van der Waals surface area contributed by atoms with E-state index in [1.165, 1.54) is 7.11 Å². The first kappa shape index (κ1) is 12.5. The van der Waals surface area contributed by atoms with E-state index in [0.29, 0.717) is 11.6 Å². The fourth-order valence-electron chi connectivity index (χ4n) is 2.11. The van der Waals surface area contributed by atoms with Gasteiger partial charge in [0.25, 0.3) is 0 Å². The van der Waals surface area contributed by atoms with Gasteiger partial charge in [0.15, 0.2) is 0 Å². The molecule has 5 heteroatoms. The topological polar surface area (TPSA) is 68.1 Å². The molecule has 0 saturated heterocycles. The van der Waals surface area contributed by atoms with E-state index in [0.717, 1.165) is 16.5 Å². The van der Waals surface area contributed by atoms with Crippen molar-refractivity contribution in [3.8, 4) is 5.88 Å². The number of hydrogen-bond acceptors (Lipinski definition) is 5. The highest BCUT2D eigenvalue weighted by molar-refractivity contribution is 5.82. The zero-order chi connectivity index (χ0) is 13.9. The average molecular weight is 267 g/mol. The van der Waals surface area contributed by atoms with Crippen LogP contribution in [0.15, 0.2) is 48.7 Å². The molecular formula is C15H13N3O2. The van der Waals surface area contributed by atoms with E-state index in [1.54, 1.807) is 18.3 Å². The third kappa shape index (κ3) is 2.19. The Bertz CT molecular complexity index is 723. The number of methoxy groups -OCH3 is 1. The van der Waals surface area contributed by atoms with Crippen LogP contribution in [0.5, 0.6) is 5.88 Å². The standard InChI is InChI=1S/C15H13N3O2/c1-20-14-8-7-13(17-18-14)15(19)11-4-2-6-12-10(11)5-3-9-16-12/h2-9,15,19H,1H3. The SMILES string of the molecule is COc1ccc(C(O)c2cccc3ncccc23)nn1. The molecule has 0 bridgehead atoms. The van der Waals surface area contributed by atoms with Gasteiger partial charge in [-0.25, -0.2) is 0 Å². The fraction of sp³-hybridized carbons (Fsp3) is 0.133. The molecular weight excluding hydrogens is 254 g/mol. The van der Waals surface area contributed by atoms with Crippen LogP contribution in [0.25, 0.3) is 10.9 Å². The Hall–Kier alpha value is -2.53. The van der Waals surface area contributed by atoms with Crippen LogP contribution in [0.1, 0.15) is 17.4 Å². The molecule has 2 heterocycles. The number of pyridine rings is 1. The zero-order valence-corrected chi connectivity index (χ0v) is 10.9. The van der Waals surface area contributed by atoms with Crippen molar-refractivity contribution in [1.82, 2.24) is 15.2 Å². The summed E-state index contributed by atoms with van der Waals surface area (Å²) in [6.45, 7) is 0. The van der Waals surface area contributed by atoms with Crippen molar-refractivity contribution in [3.63, 3.8) is 0 Å². The van der Waals surface area contributed by atoms with Crippen molar-refractivity contribution in [2.75, 3.05) is 7.11 Å². The normalized spacial score (nSPS) is 12.3. The van der Waals surface area contributed by atoms with Gasteiger partial charge >= 0.3 is 0 Å². The third-order valence-corrected chi connectivity index (χ3v) is 3.12. The number of nitrogens with zero attached hydrogens (tertiary/aromatic N) is 3. The number of ether oxygens (including phenoxy) is 1. The number of aromatic nitrogens is 3. The number of rotatable bonds is 3. The van der Waals surface area contributed by atoms with Gasteiger partial charge in [0.05, 0.1) is 18.3 Å². The van der Waals surface area contributed by atoms with E-state index in [1.807, 2.05) is 30.3 Å². The Morgan fingerprint density at radius 1 is 1.05 bits per heavy atom. The highest BCUT2D eigenvalue weighted by Gasteiger charge is 2.15. The maximum Gasteiger partial charge on any atom is 0.233 e. The molecule has 5 nitrogen and oxygen atoms in total. The first-order chi connectivity index (χ1) is 9.79. The van der Waals surface area contributed by atoms with Crippen LogP contribution < -0.4 is 4.74 Å². The highest BCUT2D eigenvalue weighted by atomic mass is 16.5. The molecule has 3 aromatic rings. The molecule has 100 valence electrons. The molecule has 0 aliphatic heterocycles. The summed E-state index contributed by atoms with van der Waals surface area (Å²) in [5, 5.41) is 19.2. The minimum Gasteiger partial charge on any atom is -0.480 e. The lowest BCUT2D eigenvalue weighted by Crippen LogP contribution is -2.05. The lowest BCUT2D eigenvalue weighted by Gasteiger charge is -2.12. The largest absolute Gasteiger partial charge is 0.480 e. The molecule has 0 spiro atoms. The van der Waals surface area contributed by atoms with Crippen molar-refractivity contribution in [1.29, 1.82) is 0 Å². The molecule has 0 amide bonds. The van der Waals surface area contributed by atoms with E-state index >= 15 is 0 Å². The Morgan fingerprint density at radius 3 is 2.70 bits per heavy atom. The van der Waals surface area contributed by atoms with Gasteiger partial charge in [-0.3, -0.25) is 4.98 Å². The minimum absolute atomic E-state index is 0.417. The van der Waals surface area contributed by atoms with Crippen molar-refractivity contribution in [2.24, 2.45) is 0 Å². The first-order valence-electron chi connectivity index (χ1n) is 6.19. The van der Waals surface area contributed by atoms with Gasteiger partial charge < -0.3 is 9.84 Å².